The van der Waals surface area contributed by atoms with Crippen molar-refractivity contribution in [1.29, 1.82) is 16.2 Å². The van der Waals surface area contributed by atoms with Gasteiger partial charge in [0.2, 0.25) is 76.8 Å². The van der Waals surface area contributed by atoms with Crippen LogP contribution >= 0.6 is 25.3 Å². The Morgan fingerprint density at radius 3 is 1.14 bits per heavy atom. The first-order valence-electron chi connectivity index (χ1n) is 43.0. The Kier molecular flexibility index (Phi) is 47.3. The molecule has 0 spiro atoms. The van der Waals surface area contributed by atoms with Crippen LogP contribution in [-0.2, 0) is 86.4 Å². The van der Waals surface area contributed by atoms with Gasteiger partial charge in [0.05, 0.1) is 6.04 Å². The average molecular weight is 1880 g/mol. The van der Waals surface area contributed by atoms with Crippen LogP contribution < -0.4 is 131 Å². The molecule has 4 aromatic carbocycles. The van der Waals surface area contributed by atoms with Crippen LogP contribution in [0.15, 0.2) is 91.0 Å². The Balaban J connectivity index is 1.44. The van der Waals surface area contributed by atoms with Gasteiger partial charge in [-0.05, 0) is 161 Å². The largest absolute Gasteiger partial charge is 0.508 e. The van der Waals surface area contributed by atoms with Crippen LogP contribution in [0.3, 0.4) is 0 Å². The maximum absolute atomic E-state index is 15.2. The number of amides is 17. The number of hydrogen-bond acceptors (Lipinski definition) is 25. The van der Waals surface area contributed by atoms with Crippen molar-refractivity contribution in [3.8, 4) is 11.5 Å². The quantitative estimate of drug-likeness (QED) is 0.00847. The van der Waals surface area contributed by atoms with E-state index < -0.39 is 198 Å². The van der Waals surface area contributed by atoms with Crippen molar-refractivity contribution >= 4 is 149 Å². The topological polar surface area (TPSA) is 809 Å². The van der Waals surface area contributed by atoms with Crippen LogP contribution in [0.1, 0.15) is 126 Å². The standard InChI is InChI=1S/C83H126N28O19S2/c84-32-4-3-14-54(101-68(118)56(17-8-36-98-82(93)129)103-72(122)59(40-45-21-26-50(112)27-22-45)107-76(126)63(44-132)110-74(124)61(106-67(117)52(85)13-5-33-95-79(87)88)42-47-20-25-48-11-1-2-12-49(48)39-47)70(120)105-58(30-31-65(114)115)78(128)111-38-10-19-64(111)77(127)108-60(41-46-23-28-51(113)29-24-46)73(123)104-55(16-7-35-97-81(91)92)69(119)102-57(18-9-37-99-83(94)130)71(121)109-62(43-131)75(125)100-53(66(86)116)15-6-34-96-80(89)90/h1-2,11-12,20-29,39,52-64,112-113,131-132H,3-10,13-19,30-38,40-44,84-85H2,(H2,86,116)(H,100,125)(H,101,118)(H,102,119)(H,103,122)(H,104,123)(H,105,120)(H,106,117)(H,107,126)(H,108,127)(H,109,121)(H,110,124)(H,114,115)(H4,87,88,95)(H4,89,90,96)(H4,91,92,97)(H3,93,98,129)(H3,94,99,130)/t52-,53-,54-,55-,56-,57-,58+,59-,60-,61-,62-,63-,64-/m0/s1. The highest BCUT2D eigenvalue weighted by atomic mass is 32.1. The lowest BCUT2D eigenvalue weighted by Gasteiger charge is -2.31. The lowest BCUT2D eigenvalue weighted by molar-refractivity contribution is -0.143. The second-order valence-corrected chi connectivity index (χ2v) is 32.1. The van der Waals surface area contributed by atoms with E-state index in [9.17, 15) is 68.1 Å². The van der Waals surface area contributed by atoms with Gasteiger partial charge in [-0.3, -0.25) is 83.4 Å². The number of benzene rings is 4. The smallest absolute Gasteiger partial charge is 0.312 e. The van der Waals surface area contributed by atoms with E-state index in [2.05, 4.69) is 110 Å². The van der Waals surface area contributed by atoms with E-state index in [4.69, 9.17) is 62.1 Å². The molecule has 17 amide bonds. The van der Waals surface area contributed by atoms with Gasteiger partial charge < -0.3 is 151 Å². The third-order valence-electron chi connectivity index (χ3n) is 21.0. The number of nitrogens with one attached hydrogen (secondary N) is 19. The molecule has 0 unspecified atom stereocenters. The van der Waals surface area contributed by atoms with E-state index in [-0.39, 0.29) is 184 Å². The molecule has 0 radical (unpaired) electrons. The molecule has 5 rings (SSSR count). The van der Waals surface area contributed by atoms with Crippen molar-refractivity contribution in [2.24, 2.45) is 45.9 Å². The second-order valence-electron chi connectivity index (χ2n) is 31.4. The Morgan fingerprint density at radius 1 is 0.386 bits per heavy atom. The van der Waals surface area contributed by atoms with Gasteiger partial charge in [-0.15, -0.1) is 0 Å². The Morgan fingerprint density at radius 2 is 0.727 bits per heavy atom. The zero-order valence-electron chi connectivity index (χ0n) is 73.0. The van der Waals surface area contributed by atoms with Crippen molar-refractivity contribution in [3.63, 3.8) is 0 Å². The molecule has 1 heterocycles. The number of nitrogens with zero attached hydrogens (tertiary/aromatic N) is 1. The fourth-order valence-corrected chi connectivity index (χ4v) is 14.5. The number of phenolic OH excluding ortho intramolecular Hbond substituents is 2. The summed E-state index contributed by atoms with van der Waals surface area (Å²) in [4.78, 5) is 225. The van der Waals surface area contributed by atoms with Gasteiger partial charge in [-0.1, -0.05) is 66.7 Å². The van der Waals surface area contributed by atoms with Gasteiger partial charge in [0.1, 0.15) is 84.0 Å². The van der Waals surface area contributed by atoms with Gasteiger partial charge in [0, 0.05) is 76.5 Å². The number of aromatic hydroxyl groups is 2. The predicted molar refractivity (Wildman–Crippen MR) is 493 cm³/mol. The molecule has 0 saturated carbocycles. The zero-order chi connectivity index (χ0) is 97.5. The number of carboxylic acids is 1. The monoisotopic (exact) mass is 1880 g/mol. The molecule has 1 aliphatic heterocycles. The van der Waals surface area contributed by atoms with Crippen molar-refractivity contribution in [2.45, 2.75) is 207 Å². The highest BCUT2D eigenvalue weighted by Gasteiger charge is 2.42. The number of primary amides is 3. The average Bonchev–Trinajstić information content (AvgIpc) is 1.63. The summed E-state index contributed by atoms with van der Waals surface area (Å²) in [5.41, 5.74) is 46.0. The normalized spacial score (nSPS) is 14.8. The van der Waals surface area contributed by atoms with Gasteiger partial charge in [-0.25, -0.2) is 9.59 Å². The Bertz CT molecular complexity index is 4620. The summed E-state index contributed by atoms with van der Waals surface area (Å²) in [6.45, 7) is -0.0655. The van der Waals surface area contributed by atoms with E-state index in [1.807, 2.05) is 36.4 Å². The van der Waals surface area contributed by atoms with Crippen LogP contribution in [0.5, 0.6) is 11.5 Å². The van der Waals surface area contributed by atoms with E-state index in [1.165, 1.54) is 48.5 Å². The number of thiol groups is 2. The summed E-state index contributed by atoms with van der Waals surface area (Å²) in [7, 11) is 0. The Hall–Kier alpha value is -13.7. The number of unbranched alkanes of at least 4 members (excludes halogenated alkanes) is 1. The number of urea groups is 2. The predicted octanol–water partition coefficient (Wildman–Crippen LogP) is -6.04. The van der Waals surface area contributed by atoms with Gasteiger partial charge in [-0.2, -0.15) is 25.3 Å². The lowest BCUT2D eigenvalue weighted by atomic mass is 10.00. The van der Waals surface area contributed by atoms with Crippen molar-refractivity contribution in [3.05, 3.63) is 108 Å². The van der Waals surface area contributed by atoms with Crippen LogP contribution in [0.2, 0.25) is 0 Å². The first kappa shape index (κ1) is 109. The SMILES string of the molecule is N=C(N)NCCC[C@H](NC(=O)[C@H](CS)NC(=O)[C@H](CCCNC(N)=O)NC(=O)[C@H](CCCNC(=N)N)NC(=O)[C@H](Cc1ccc(O)cc1)NC(=O)[C@@H]1CCCN1C(=O)[C@@H](CCC(=O)O)NC(=O)[C@H](CCCCN)NC(=O)[C@H](CCCNC(N)=O)NC(=O)[C@H](Cc1ccc(O)cc1)NC(=O)[C@H](CS)NC(=O)[C@H](Cc1ccc2ccccc2c1)NC(=O)[C@@H](N)CCCNC(=N)N)C(N)=O. The third kappa shape index (κ3) is 39.7. The summed E-state index contributed by atoms with van der Waals surface area (Å²) in [6.07, 6.45) is -2.25. The number of fused-ring (bicyclic) bond motifs is 1. The highest BCUT2D eigenvalue weighted by Crippen LogP contribution is 2.23. The molecule has 0 aromatic heterocycles. The van der Waals surface area contributed by atoms with Crippen LogP contribution in [0.4, 0.5) is 9.59 Å². The Labute approximate surface area is 772 Å². The molecule has 724 valence electrons. The molecule has 4 aromatic rings. The molecular formula is C83H126N28O19S2. The number of guanidine groups is 3. The van der Waals surface area contributed by atoms with E-state index >= 15 is 24.0 Å². The molecule has 132 heavy (non-hydrogen) atoms. The van der Waals surface area contributed by atoms with Crippen LogP contribution in [0, 0.1) is 16.2 Å². The number of hydrogen-bond donors (Lipinski definition) is 32. The van der Waals surface area contributed by atoms with Gasteiger partial charge in [0.15, 0.2) is 17.9 Å². The summed E-state index contributed by atoms with van der Waals surface area (Å²) in [6, 6.07) is 2.15. The molecular weight excluding hydrogens is 1760 g/mol. The summed E-state index contributed by atoms with van der Waals surface area (Å²) in [5.74, 6) is -16.2. The zero-order valence-corrected chi connectivity index (χ0v) is 74.8. The minimum absolute atomic E-state index is 0.00114. The fourth-order valence-electron chi connectivity index (χ4n) is 14.0. The lowest BCUT2D eigenvalue weighted by Crippen LogP contribution is -2.61. The molecule has 1 saturated heterocycles. The molecule has 13 atom stereocenters. The second kappa shape index (κ2) is 57.4. The molecule has 1 aliphatic rings. The molecule has 0 bridgehead atoms. The number of carbonyl (C=O) groups excluding carboxylic acids is 15. The number of carboxylic acid groups (broad SMARTS) is 1. The number of rotatable bonds is 59. The number of phenols is 2. The molecule has 49 heteroatoms. The molecule has 1 fully saturated rings. The van der Waals surface area contributed by atoms with Crippen molar-refractivity contribution in [2.75, 3.05) is 57.3 Å². The van der Waals surface area contributed by atoms with Gasteiger partial charge >= 0.3 is 18.0 Å². The fraction of sp³-hybridized carbons (Fsp3) is 0.506. The van der Waals surface area contributed by atoms with Crippen LogP contribution in [-0.4, -0.2) is 269 Å². The molecule has 38 N–H and O–H groups in total. The minimum Gasteiger partial charge on any atom is -0.508 e. The number of carbonyl (C=O) groups is 16. The number of likely N-dealkylation sites (tertiary alicyclic amines) is 1. The third-order valence-corrected chi connectivity index (χ3v) is 21.8. The van der Waals surface area contributed by atoms with Crippen molar-refractivity contribution in [1.82, 2.24) is 90.0 Å². The first-order chi connectivity index (χ1) is 62.8. The van der Waals surface area contributed by atoms with Gasteiger partial charge in [0.25, 0.3) is 0 Å². The number of nitrogens with two attached hydrogens (primary N) is 8. The maximum Gasteiger partial charge on any atom is 0.312 e. The van der Waals surface area contributed by atoms with E-state index in [1.54, 1.807) is 6.07 Å². The van der Waals surface area contributed by atoms with Crippen molar-refractivity contribution < 1.29 is 92.0 Å². The first-order valence-corrected chi connectivity index (χ1v) is 44.2. The number of aliphatic carboxylic acids is 1. The molecule has 47 nitrogen and oxygen atoms in total. The van der Waals surface area contributed by atoms with E-state index in [0.717, 1.165) is 15.7 Å². The summed E-state index contributed by atoms with van der Waals surface area (Å²) < 4.78 is 0. The van der Waals surface area contributed by atoms with E-state index in [0.29, 0.717) is 23.1 Å². The minimum atomic E-state index is -1.77. The summed E-state index contributed by atoms with van der Waals surface area (Å²) in [5, 5.41) is 96.0. The maximum atomic E-state index is 15.2. The van der Waals surface area contributed by atoms with Crippen LogP contribution in [0.25, 0.3) is 10.8 Å². The summed E-state index contributed by atoms with van der Waals surface area (Å²) >= 11 is 8.63. The highest BCUT2D eigenvalue weighted by molar-refractivity contribution is 7.80. The molecule has 0 aliphatic carbocycles.